The fraction of sp³-hybridized carbons (Fsp3) is 0.312. The Balaban J connectivity index is 1.83. The number of furan rings is 1. The molecule has 2 N–H and O–H groups in total. The molecule has 122 valence electrons. The Morgan fingerprint density at radius 1 is 1.30 bits per heavy atom. The third-order valence-electron chi connectivity index (χ3n) is 3.96. The second-order valence-electron chi connectivity index (χ2n) is 5.88. The Morgan fingerprint density at radius 3 is 2.48 bits per heavy atom. The molecule has 0 spiro atoms. The number of aromatic carboxylic acids is 1. The van der Waals surface area contributed by atoms with E-state index in [4.69, 9.17) is 9.52 Å². The molecule has 1 aromatic heterocycles. The minimum absolute atomic E-state index is 0.0745. The van der Waals surface area contributed by atoms with E-state index in [-0.39, 0.29) is 16.4 Å². The summed E-state index contributed by atoms with van der Waals surface area (Å²) < 4.78 is 32.9. The minimum Gasteiger partial charge on any atom is -0.475 e. The lowest BCUT2D eigenvalue weighted by molar-refractivity contribution is 0.0661. The molecule has 6 nitrogen and oxygen atoms in total. The zero-order valence-electron chi connectivity index (χ0n) is 12.6. The molecule has 0 unspecified atom stereocenters. The average Bonchev–Trinajstić information content (AvgIpc) is 3.08. The van der Waals surface area contributed by atoms with Crippen molar-refractivity contribution in [2.24, 2.45) is 0 Å². The molecule has 0 radical (unpaired) electrons. The van der Waals surface area contributed by atoms with Crippen LogP contribution < -0.4 is 4.72 Å². The number of hydrogen-bond acceptors (Lipinski definition) is 4. The van der Waals surface area contributed by atoms with Crippen LogP contribution in [0.25, 0.3) is 0 Å². The highest BCUT2D eigenvalue weighted by atomic mass is 32.2. The molecule has 1 fully saturated rings. The summed E-state index contributed by atoms with van der Waals surface area (Å²) in [5.41, 5.74) is 0.565. The monoisotopic (exact) mass is 335 g/mol. The van der Waals surface area contributed by atoms with Gasteiger partial charge in [-0.15, -0.1) is 0 Å². The van der Waals surface area contributed by atoms with Gasteiger partial charge in [0.05, 0.1) is 0 Å². The largest absolute Gasteiger partial charge is 0.475 e. The average molecular weight is 335 g/mol. The molecule has 1 heterocycles. The maximum absolute atomic E-state index is 12.6. The number of sulfonamides is 1. The SMILES string of the molecule is Cc1oc(C(=O)O)cc1S(=O)(=O)NC1(Cc2ccccc2)CC1. The van der Waals surface area contributed by atoms with Gasteiger partial charge in [0.25, 0.3) is 0 Å². The summed E-state index contributed by atoms with van der Waals surface area (Å²) in [6, 6.07) is 10.7. The molecule has 7 heteroatoms. The van der Waals surface area contributed by atoms with Gasteiger partial charge < -0.3 is 9.52 Å². The molecule has 0 amide bonds. The van der Waals surface area contributed by atoms with Crippen LogP contribution in [-0.4, -0.2) is 25.0 Å². The van der Waals surface area contributed by atoms with Gasteiger partial charge >= 0.3 is 5.97 Å². The van der Waals surface area contributed by atoms with Crippen molar-refractivity contribution in [3.63, 3.8) is 0 Å². The molecule has 23 heavy (non-hydrogen) atoms. The first-order valence-corrected chi connectivity index (χ1v) is 8.71. The van der Waals surface area contributed by atoms with E-state index in [1.165, 1.54) is 6.92 Å². The fourth-order valence-corrected chi connectivity index (χ4v) is 4.27. The number of carbonyl (C=O) groups is 1. The van der Waals surface area contributed by atoms with Gasteiger partial charge in [-0.2, -0.15) is 0 Å². The predicted octanol–water partition coefficient (Wildman–Crippen LogP) is 2.34. The molecular formula is C16H17NO5S. The first-order valence-electron chi connectivity index (χ1n) is 7.23. The summed E-state index contributed by atoms with van der Waals surface area (Å²) >= 11 is 0. The highest BCUT2D eigenvalue weighted by Crippen LogP contribution is 2.40. The fourth-order valence-electron chi connectivity index (χ4n) is 2.63. The maximum atomic E-state index is 12.6. The van der Waals surface area contributed by atoms with Crippen LogP contribution in [0.2, 0.25) is 0 Å². The Kier molecular flexibility index (Phi) is 3.77. The van der Waals surface area contributed by atoms with E-state index in [9.17, 15) is 13.2 Å². The van der Waals surface area contributed by atoms with Crippen molar-refractivity contribution in [3.05, 3.63) is 53.5 Å². The molecule has 0 bridgehead atoms. The number of rotatable bonds is 6. The number of carboxylic acid groups (broad SMARTS) is 1. The maximum Gasteiger partial charge on any atom is 0.371 e. The van der Waals surface area contributed by atoms with Crippen molar-refractivity contribution in [1.82, 2.24) is 4.72 Å². The van der Waals surface area contributed by atoms with Gasteiger partial charge in [0.2, 0.25) is 15.8 Å². The van der Waals surface area contributed by atoms with Gasteiger partial charge in [-0.1, -0.05) is 30.3 Å². The van der Waals surface area contributed by atoms with Crippen molar-refractivity contribution in [1.29, 1.82) is 0 Å². The normalized spacial score (nSPS) is 16.2. The zero-order valence-corrected chi connectivity index (χ0v) is 13.4. The third-order valence-corrected chi connectivity index (χ3v) is 5.65. The minimum atomic E-state index is -3.83. The molecule has 1 aromatic carbocycles. The number of benzene rings is 1. The van der Waals surface area contributed by atoms with Crippen molar-refractivity contribution >= 4 is 16.0 Å². The Hall–Kier alpha value is -2.12. The molecule has 1 aliphatic rings. The smallest absolute Gasteiger partial charge is 0.371 e. The molecule has 3 rings (SSSR count). The van der Waals surface area contributed by atoms with Gasteiger partial charge in [0, 0.05) is 11.6 Å². The molecule has 1 aliphatic carbocycles. The molecular weight excluding hydrogens is 318 g/mol. The third kappa shape index (κ3) is 3.30. The lowest BCUT2D eigenvalue weighted by atomic mass is 10.1. The quantitative estimate of drug-likeness (QED) is 0.844. The lowest BCUT2D eigenvalue weighted by Crippen LogP contribution is -2.38. The van der Waals surface area contributed by atoms with Crippen molar-refractivity contribution in [2.45, 2.75) is 36.6 Å². The standard InChI is InChI=1S/C16H17NO5S/c1-11-14(9-13(22-11)15(18)19)23(20,21)17-16(7-8-16)10-12-5-3-2-4-6-12/h2-6,9,17H,7-8,10H2,1H3,(H,18,19). The van der Waals surface area contributed by atoms with E-state index < -0.39 is 21.5 Å². The summed E-state index contributed by atoms with van der Waals surface area (Å²) in [5, 5.41) is 8.92. The van der Waals surface area contributed by atoms with Gasteiger partial charge in [-0.05, 0) is 31.7 Å². The molecule has 0 saturated heterocycles. The first-order chi connectivity index (χ1) is 10.8. The van der Waals surface area contributed by atoms with Crippen LogP contribution in [0.5, 0.6) is 0 Å². The summed E-state index contributed by atoms with van der Waals surface area (Å²) in [5.74, 6) is -1.60. The summed E-state index contributed by atoms with van der Waals surface area (Å²) in [7, 11) is -3.83. The van der Waals surface area contributed by atoms with E-state index in [2.05, 4.69) is 4.72 Å². The second-order valence-corrected chi connectivity index (χ2v) is 7.54. The molecule has 2 aromatic rings. The summed E-state index contributed by atoms with van der Waals surface area (Å²) in [6.07, 6.45) is 2.11. The van der Waals surface area contributed by atoms with Crippen molar-refractivity contribution in [3.8, 4) is 0 Å². The Morgan fingerprint density at radius 2 is 1.96 bits per heavy atom. The van der Waals surface area contributed by atoms with E-state index >= 15 is 0 Å². The van der Waals surface area contributed by atoms with Crippen LogP contribution in [0.3, 0.4) is 0 Å². The van der Waals surface area contributed by atoms with Crippen LogP contribution in [0.1, 0.15) is 34.7 Å². The zero-order chi connectivity index (χ0) is 16.7. The Labute approximate surface area is 134 Å². The van der Waals surface area contributed by atoms with E-state index in [0.29, 0.717) is 6.42 Å². The number of aryl methyl sites for hydroxylation is 1. The molecule has 0 atom stereocenters. The highest BCUT2D eigenvalue weighted by molar-refractivity contribution is 7.89. The Bertz CT molecular complexity index is 835. The van der Waals surface area contributed by atoms with E-state index in [1.54, 1.807) is 0 Å². The van der Waals surface area contributed by atoms with Crippen molar-refractivity contribution in [2.75, 3.05) is 0 Å². The highest BCUT2D eigenvalue weighted by Gasteiger charge is 2.46. The van der Waals surface area contributed by atoms with Gasteiger partial charge in [0.1, 0.15) is 10.7 Å². The summed E-state index contributed by atoms with van der Waals surface area (Å²) in [6.45, 7) is 1.44. The number of carboxylic acids is 1. The van der Waals surface area contributed by atoms with Crippen LogP contribution in [0.15, 0.2) is 45.7 Å². The van der Waals surface area contributed by atoms with E-state index in [1.807, 2.05) is 30.3 Å². The van der Waals surface area contributed by atoms with Crippen LogP contribution >= 0.6 is 0 Å². The van der Waals surface area contributed by atoms with Crippen LogP contribution in [0.4, 0.5) is 0 Å². The second kappa shape index (κ2) is 5.50. The van der Waals surface area contributed by atoms with E-state index in [0.717, 1.165) is 24.5 Å². The summed E-state index contributed by atoms with van der Waals surface area (Å²) in [4.78, 5) is 10.8. The van der Waals surface area contributed by atoms with Gasteiger partial charge in [-0.3, -0.25) is 0 Å². The molecule has 1 saturated carbocycles. The van der Waals surface area contributed by atoms with Crippen molar-refractivity contribution < 1.29 is 22.7 Å². The number of nitrogens with one attached hydrogen (secondary N) is 1. The lowest BCUT2D eigenvalue weighted by Gasteiger charge is -2.17. The first kappa shape index (κ1) is 15.8. The van der Waals surface area contributed by atoms with Gasteiger partial charge in [0.15, 0.2) is 0 Å². The molecule has 0 aliphatic heterocycles. The van der Waals surface area contributed by atoms with Gasteiger partial charge in [-0.25, -0.2) is 17.9 Å². The van der Waals surface area contributed by atoms with Crippen LogP contribution in [-0.2, 0) is 16.4 Å². The topological polar surface area (TPSA) is 96.6 Å². The predicted molar refractivity (Wildman–Crippen MR) is 82.8 cm³/mol. The number of hydrogen-bond donors (Lipinski definition) is 2. The van der Waals surface area contributed by atoms with Crippen LogP contribution in [0, 0.1) is 6.92 Å².